The van der Waals surface area contributed by atoms with Gasteiger partial charge in [0.2, 0.25) is 0 Å². The molecule has 0 spiro atoms. The SMILES string of the molecule is CCCN(CCC)C(=O)c1cc(C)cc(C(=O)NC(Cc2cc(F)cc(F)c2)[C@H](C[C@H](C)C(=O)O)O[Si](C)(C)C(C)(C)C)c1. The molecule has 0 fully saturated rings. The summed E-state index contributed by atoms with van der Waals surface area (Å²) in [7, 11) is -2.51. The van der Waals surface area contributed by atoms with Crippen molar-refractivity contribution in [1.29, 1.82) is 0 Å². The summed E-state index contributed by atoms with van der Waals surface area (Å²) in [5, 5.41) is 12.5. The maximum absolute atomic E-state index is 14.2. The lowest BCUT2D eigenvalue weighted by Gasteiger charge is -2.42. The summed E-state index contributed by atoms with van der Waals surface area (Å²) >= 11 is 0. The van der Waals surface area contributed by atoms with E-state index in [0.717, 1.165) is 24.5 Å². The predicted octanol–water partition coefficient (Wildman–Crippen LogP) is 7.38. The summed E-state index contributed by atoms with van der Waals surface area (Å²) in [6, 6.07) is 7.35. The summed E-state index contributed by atoms with van der Waals surface area (Å²) in [5.41, 5.74) is 1.68. The lowest BCUT2D eigenvalue weighted by Crippen LogP contribution is -2.53. The highest BCUT2D eigenvalue weighted by Crippen LogP contribution is 2.38. The third-order valence-corrected chi connectivity index (χ3v) is 12.8. The van der Waals surface area contributed by atoms with E-state index in [0.29, 0.717) is 24.2 Å². The van der Waals surface area contributed by atoms with E-state index >= 15 is 0 Å². The van der Waals surface area contributed by atoms with Gasteiger partial charge in [0.15, 0.2) is 8.32 Å². The van der Waals surface area contributed by atoms with E-state index in [2.05, 4.69) is 26.1 Å². The van der Waals surface area contributed by atoms with Crippen molar-refractivity contribution in [3.05, 3.63) is 70.3 Å². The Labute approximate surface area is 262 Å². The van der Waals surface area contributed by atoms with Crippen molar-refractivity contribution in [1.82, 2.24) is 10.2 Å². The van der Waals surface area contributed by atoms with E-state index in [4.69, 9.17) is 4.43 Å². The number of nitrogens with zero attached hydrogens (tertiary/aromatic N) is 1. The van der Waals surface area contributed by atoms with Crippen LogP contribution in [0.3, 0.4) is 0 Å². The number of carbonyl (C=O) groups is 3. The van der Waals surface area contributed by atoms with Gasteiger partial charge >= 0.3 is 5.97 Å². The van der Waals surface area contributed by atoms with Crippen LogP contribution >= 0.6 is 0 Å². The number of carboxylic acid groups (broad SMARTS) is 1. The Morgan fingerprint density at radius 2 is 1.50 bits per heavy atom. The zero-order valence-electron chi connectivity index (χ0n) is 27.7. The molecule has 3 atom stereocenters. The number of carbonyl (C=O) groups excluding carboxylic acids is 2. The Kier molecular flexibility index (Phi) is 13.3. The van der Waals surface area contributed by atoms with Gasteiger partial charge in [0.25, 0.3) is 11.8 Å². The number of nitrogens with one attached hydrogen (secondary N) is 1. The number of carboxylic acids is 1. The summed E-state index contributed by atoms with van der Waals surface area (Å²) < 4.78 is 35.2. The average Bonchev–Trinajstić information content (AvgIpc) is 2.90. The molecular weight excluding hydrogens is 582 g/mol. The standard InChI is InChI=1S/C34H50F2N2O5Si/c1-10-12-38(13-11-2)32(40)26-15-22(3)14-25(20-26)31(39)37-29(19-24-17-27(35)21-28(36)18-24)30(16-23(4)33(41)42)43-44(8,9)34(5,6)7/h14-15,17-18,20-21,23,29-30H,10-13,16,19H2,1-9H3,(H,37,39)(H,41,42)/t23-,29?,30-/m0/s1. The van der Waals surface area contributed by atoms with E-state index in [9.17, 15) is 28.3 Å². The minimum Gasteiger partial charge on any atom is -0.481 e. The van der Waals surface area contributed by atoms with Crippen molar-refractivity contribution in [3.63, 3.8) is 0 Å². The van der Waals surface area contributed by atoms with Gasteiger partial charge in [0.05, 0.1) is 18.1 Å². The number of hydrogen-bond acceptors (Lipinski definition) is 4. The summed E-state index contributed by atoms with van der Waals surface area (Å²) in [6.07, 6.45) is 0.915. The lowest BCUT2D eigenvalue weighted by atomic mass is 9.93. The predicted molar refractivity (Wildman–Crippen MR) is 172 cm³/mol. The summed E-state index contributed by atoms with van der Waals surface area (Å²) in [4.78, 5) is 40.9. The maximum Gasteiger partial charge on any atom is 0.306 e. The summed E-state index contributed by atoms with van der Waals surface area (Å²) in [6.45, 7) is 18.8. The second kappa shape index (κ2) is 15.7. The minimum absolute atomic E-state index is 0.00439. The Bertz CT molecular complexity index is 1280. The fraction of sp³-hybridized carbons (Fsp3) is 0.559. The average molecular weight is 633 g/mol. The first-order valence-corrected chi connectivity index (χ1v) is 18.4. The number of amides is 2. The van der Waals surface area contributed by atoms with Gasteiger partial charge in [-0.25, -0.2) is 8.78 Å². The molecule has 2 aromatic carbocycles. The molecule has 0 aliphatic heterocycles. The Morgan fingerprint density at radius 1 is 0.955 bits per heavy atom. The fourth-order valence-corrected chi connectivity index (χ4v) is 6.25. The van der Waals surface area contributed by atoms with Crippen molar-refractivity contribution in [2.45, 2.75) is 104 Å². The van der Waals surface area contributed by atoms with Crippen LogP contribution in [-0.4, -0.2) is 61.3 Å². The molecule has 0 aliphatic rings. The number of aryl methyl sites for hydroxylation is 1. The molecule has 2 aromatic rings. The molecule has 0 aromatic heterocycles. The van der Waals surface area contributed by atoms with Crippen LogP contribution in [0, 0.1) is 24.5 Å². The van der Waals surface area contributed by atoms with Gasteiger partial charge in [0, 0.05) is 30.3 Å². The van der Waals surface area contributed by atoms with Crippen molar-refractivity contribution >= 4 is 26.1 Å². The van der Waals surface area contributed by atoms with Crippen LogP contribution in [-0.2, 0) is 15.6 Å². The number of benzene rings is 2. The van der Waals surface area contributed by atoms with Crippen molar-refractivity contribution in [2.75, 3.05) is 13.1 Å². The zero-order chi connectivity index (χ0) is 33.4. The molecule has 10 heteroatoms. The highest BCUT2D eigenvalue weighted by molar-refractivity contribution is 6.74. The highest BCUT2D eigenvalue weighted by atomic mass is 28.4. The highest BCUT2D eigenvalue weighted by Gasteiger charge is 2.42. The van der Waals surface area contributed by atoms with Crippen LogP contribution < -0.4 is 5.32 Å². The van der Waals surface area contributed by atoms with Crippen LogP contribution in [0.4, 0.5) is 8.78 Å². The molecule has 2 amide bonds. The molecule has 0 bridgehead atoms. The van der Waals surface area contributed by atoms with Crippen LogP contribution in [0.5, 0.6) is 0 Å². The molecule has 1 unspecified atom stereocenters. The van der Waals surface area contributed by atoms with Gasteiger partial charge in [-0.15, -0.1) is 0 Å². The monoisotopic (exact) mass is 632 g/mol. The van der Waals surface area contributed by atoms with Crippen molar-refractivity contribution in [3.8, 4) is 0 Å². The first-order valence-electron chi connectivity index (χ1n) is 15.5. The first kappa shape index (κ1) is 37.1. The Hall–Kier alpha value is -3.11. The maximum atomic E-state index is 14.2. The van der Waals surface area contributed by atoms with Gasteiger partial charge in [-0.3, -0.25) is 14.4 Å². The van der Waals surface area contributed by atoms with Crippen LogP contribution in [0.15, 0.2) is 36.4 Å². The van der Waals surface area contributed by atoms with E-state index in [1.54, 1.807) is 30.0 Å². The van der Waals surface area contributed by atoms with Crippen LogP contribution in [0.25, 0.3) is 0 Å². The van der Waals surface area contributed by atoms with E-state index in [1.807, 2.05) is 33.9 Å². The molecule has 7 nitrogen and oxygen atoms in total. The van der Waals surface area contributed by atoms with Gasteiger partial charge in [0.1, 0.15) is 11.6 Å². The number of halogens is 2. The number of rotatable bonds is 15. The lowest BCUT2D eigenvalue weighted by molar-refractivity contribution is -0.142. The van der Waals surface area contributed by atoms with Crippen molar-refractivity contribution in [2.24, 2.45) is 5.92 Å². The largest absolute Gasteiger partial charge is 0.481 e. The molecule has 0 heterocycles. The molecule has 0 saturated carbocycles. The smallest absolute Gasteiger partial charge is 0.306 e. The zero-order valence-corrected chi connectivity index (χ0v) is 28.7. The molecular formula is C34H50F2N2O5Si. The third-order valence-electron chi connectivity index (χ3n) is 8.26. The Morgan fingerprint density at radius 3 is 2.00 bits per heavy atom. The first-order chi connectivity index (χ1) is 20.4. The fourth-order valence-electron chi connectivity index (χ4n) is 4.88. The topological polar surface area (TPSA) is 95.9 Å². The molecule has 0 radical (unpaired) electrons. The number of aliphatic carboxylic acids is 1. The summed E-state index contributed by atoms with van der Waals surface area (Å²) in [5.74, 6) is -3.98. The van der Waals surface area contributed by atoms with Crippen molar-refractivity contribution < 1.29 is 32.7 Å². The molecule has 2 rings (SSSR count). The normalized spacial score (nSPS) is 14.1. The molecule has 0 saturated heterocycles. The van der Waals surface area contributed by atoms with Crippen LogP contribution in [0.1, 0.15) is 92.6 Å². The Balaban J connectivity index is 2.58. The van der Waals surface area contributed by atoms with Gasteiger partial charge < -0.3 is 19.7 Å². The minimum atomic E-state index is -2.51. The van der Waals surface area contributed by atoms with Gasteiger partial charge in [-0.05, 0) is 92.2 Å². The van der Waals surface area contributed by atoms with Gasteiger partial charge in [-0.2, -0.15) is 0 Å². The molecule has 2 N–H and O–H groups in total. The molecule has 0 aliphatic carbocycles. The van der Waals surface area contributed by atoms with Gasteiger partial charge in [-0.1, -0.05) is 41.5 Å². The van der Waals surface area contributed by atoms with E-state index < -0.39 is 49.9 Å². The van der Waals surface area contributed by atoms with E-state index in [1.165, 1.54) is 12.1 Å². The van der Waals surface area contributed by atoms with E-state index in [-0.39, 0.29) is 29.4 Å². The second-order valence-corrected chi connectivity index (χ2v) is 18.1. The second-order valence-electron chi connectivity index (χ2n) is 13.3. The molecule has 44 heavy (non-hydrogen) atoms. The quantitative estimate of drug-likeness (QED) is 0.200. The third kappa shape index (κ3) is 10.5. The number of hydrogen-bond donors (Lipinski definition) is 2. The molecule has 244 valence electrons. The van der Waals surface area contributed by atoms with Crippen LogP contribution in [0.2, 0.25) is 18.1 Å².